The highest BCUT2D eigenvalue weighted by Crippen LogP contribution is 2.23. The van der Waals surface area contributed by atoms with E-state index in [-0.39, 0.29) is 18.8 Å². The monoisotopic (exact) mass is 175 g/mol. The molecule has 72 valence electrons. The fourth-order valence-corrected chi connectivity index (χ4v) is 1.61. The van der Waals surface area contributed by atoms with Crippen molar-refractivity contribution in [3.8, 4) is 0 Å². The maximum absolute atomic E-state index is 9.77. The lowest BCUT2D eigenvalue weighted by atomic mass is 9.88. The van der Waals surface area contributed by atoms with Gasteiger partial charge in [-0.25, -0.2) is 0 Å². The summed E-state index contributed by atoms with van der Waals surface area (Å²) in [4.78, 5) is 0. The predicted molar refractivity (Wildman–Crippen MR) is 44.9 cm³/mol. The molecule has 0 spiro atoms. The summed E-state index contributed by atoms with van der Waals surface area (Å²) in [5, 5.41) is 22.3. The molecule has 0 aromatic heterocycles. The van der Waals surface area contributed by atoms with E-state index in [0.717, 1.165) is 0 Å². The van der Waals surface area contributed by atoms with Crippen LogP contribution in [0.3, 0.4) is 0 Å². The Morgan fingerprint density at radius 3 is 2.58 bits per heavy atom. The van der Waals surface area contributed by atoms with Crippen molar-refractivity contribution in [2.75, 3.05) is 13.7 Å². The first-order valence-electron chi connectivity index (χ1n) is 4.18. The Labute approximate surface area is 72.5 Å². The largest absolute Gasteiger partial charge is 0.389 e. The molecule has 0 aromatic rings. The summed E-state index contributed by atoms with van der Waals surface area (Å²) < 4.78 is 5.20. The van der Waals surface area contributed by atoms with Crippen molar-refractivity contribution in [1.82, 2.24) is 5.32 Å². The molecule has 3 N–H and O–H groups in total. The topological polar surface area (TPSA) is 61.7 Å². The number of aliphatic hydroxyl groups excluding tert-OH is 1. The van der Waals surface area contributed by atoms with Crippen LogP contribution in [0.5, 0.6) is 0 Å². The Kier molecular flexibility index (Phi) is 2.73. The number of hydrogen-bond acceptors (Lipinski definition) is 4. The minimum Gasteiger partial charge on any atom is -0.389 e. The Hall–Kier alpha value is -0.160. The first-order valence-corrected chi connectivity index (χ1v) is 4.18. The molecule has 2 unspecified atom stereocenters. The fraction of sp³-hybridized carbons (Fsp3) is 1.00. The van der Waals surface area contributed by atoms with Crippen LogP contribution >= 0.6 is 0 Å². The van der Waals surface area contributed by atoms with E-state index in [9.17, 15) is 10.2 Å². The van der Waals surface area contributed by atoms with Crippen molar-refractivity contribution in [3.63, 3.8) is 0 Å². The van der Waals surface area contributed by atoms with E-state index in [0.29, 0.717) is 0 Å². The van der Waals surface area contributed by atoms with Gasteiger partial charge < -0.3 is 20.3 Å². The predicted octanol–water partition coefficient (Wildman–Crippen LogP) is -0.895. The lowest BCUT2D eigenvalue weighted by Gasteiger charge is -2.43. The second kappa shape index (κ2) is 3.30. The highest BCUT2D eigenvalue weighted by molar-refractivity contribution is 4.97. The molecule has 1 aliphatic heterocycles. The third-order valence-electron chi connectivity index (χ3n) is 2.44. The van der Waals surface area contributed by atoms with Crippen molar-refractivity contribution in [2.24, 2.45) is 0 Å². The minimum absolute atomic E-state index is 0.220. The standard InChI is InChI=1S/C8H17NO3/c1-5-6(10)7(9-3)8(2,11)4-12-5/h5-7,9-11H,4H2,1-3H3/t5-,6?,7-,8?/m1/s1. The van der Waals surface area contributed by atoms with Gasteiger partial charge in [0, 0.05) is 0 Å². The third kappa shape index (κ3) is 1.61. The molecule has 0 amide bonds. The van der Waals surface area contributed by atoms with Gasteiger partial charge in [0.2, 0.25) is 0 Å². The number of rotatable bonds is 1. The number of ether oxygens (including phenoxy) is 1. The molecule has 4 atom stereocenters. The summed E-state index contributed by atoms with van der Waals surface area (Å²) in [7, 11) is 1.72. The molecule has 1 rings (SSSR count). The average Bonchev–Trinajstić information content (AvgIpc) is 1.99. The second-order valence-corrected chi connectivity index (χ2v) is 3.63. The van der Waals surface area contributed by atoms with E-state index in [1.165, 1.54) is 0 Å². The summed E-state index contributed by atoms with van der Waals surface area (Å²) >= 11 is 0. The molecule has 1 heterocycles. The summed E-state index contributed by atoms with van der Waals surface area (Å²) in [6.45, 7) is 3.71. The first-order chi connectivity index (χ1) is 5.49. The third-order valence-corrected chi connectivity index (χ3v) is 2.44. The smallest absolute Gasteiger partial charge is 0.103 e. The summed E-state index contributed by atoms with van der Waals surface area (Å²) in [6.07, 6.45) is -0.874. The van der Waals surface area contributed by atoms with Crippen LogP contribution in [0.1, 0.15) is 13.8 Å². The van der Waals surface area contributed by atoms with E-state index in [4.69, 9.17) is 4.74 Å². The normalized spacial score (nSPS) is 49.2. The van der Waals surface area contributed by atoms with Gasteiger partial charge in [-0.3, -0.25) is 0 Å². The SMILES string of the molecule is CN[C@@H]1C(O)[C@@H](C)OCC1(C)O. The molecule has 0 aliphatic carbocycles. The number of nitrogens with one attached hydrogen (secondary N) is 1. The van der Waals surface area contributed by atoms with Gasteiger partial charge >= 0.3 is 0 Å². The number of aliphatic hydroxyl groups is 2. The molecule has 0 aromatic carbocycles. The molecular formula is C8H17NO3. The molecule has 0 saturated carbocycles. The van der Waals surface area contributed by atoms with E-state index >= 15 is 0 Å². The van der Waals surface area contributed by atoms with Crippen LogP contribution in [0.2, 0.25) is 0 Å². The second-order valence-electron chi connectivity index (χ2n) is 3.63. The summed E-state index contributed by atoms with van der Waals surface area (Å²) in [6, 6.07) is -0.318. The van der Waals surface area contributed by atoms with E-state index < -0.39 is 11.7 Å². The molecule has 0 radical (unpaired) electrons. The number of likely N-dealkylation sites (N-methyl/N-ethyl adjacent to an activating group) is 1. The fourth-order valence-electron chi connectivity index (χ4n) is 1.61. The molecule has 4 nitrogen and oxygen atoms in total. The van der Waals surface area contributed by atoms with Gasteiger partial charge in [0.25, 0.3) is 0 Å². The van der Waals surface area contributed by atoms with Crippen molar-refractivity contribution in [1.29, 1.82) is 0 Å². The minimum atomic E-state index is -0.985. The van der Waals surface area contributed by atoms with Crippen molar-refractivity contribution in [3.05, 3.63) is 0 Å². The molecule has 12 heavy (non-hydrogen) atoms. The van der Waals surface area contributed by atoms with E-state index in [1.807, 2.05) is 0 Å². The Bertz CT molecular complexity index is 160. The van der Waals surface area contributed by atoms with Crippen LogP contribution in [-0.4, -0.2) is 47.7 Å². The molecule has 0 bridgehead atoms. The maximum Gasteiger partial charge on any atom is 0.103 e. The summed E-state index contributed by atoms with van der Waals surface area (Å²) in [5.74, 6) is 0. The highest BCUT2D eigenvalue weighted by atomic mass is 16.5. The zero-order valence-corrected chi connectivity index (χ0v) is 7.74. The van der Waals surface area contributed by atoms with Crippen LogP contribution in [0.4, 0.5) is 0 Å². The molecule has 1 fully saturated rings. The van der Waals surface area contributed by atoms with Crippen molar-refractivity contribution >= 4 is 0 Å². The molecular weight excluding hydrogens is 158 g/mol. The van der Waals surface area contributed by atoms with Crippen LogP contribution in [0, 0.1) is 0 Å². The van der Waals surface area contributed by atoms with Gasteiger partial charge in [0.05, 0.1) is 24.9 Å². The lowest BCUT2D eigenvalue weighted by Crippen LogP contribution is -2.64. The van der Waals surface area contributed by atoms with Crippen LogP contribution in [0.25, 0.3) is 0 Å². The highest BCUT2D eigenvalue weighted by Gasteiger charge is 2.43. The van der Waals surface area contributed by atoms with Gasteiger partial charge in [0.15, 0.2) is 0 Å². The van der Waals surface area contributed by atoms with Crippen LogP contribution < -0.4 is 5.32 Å². The Balaban J connectivity index is 2.72. The zero-order chi connectivity index (χ0) is 9.35. The summed E-state index contributed by atoms with van der Waals surface area (Å²) in [5.41, 5.74) is -0.985. The van der Waals surface area contributed by atoms with Gasteiger partial charge in [-0.2, -0.15) is 0 Å². The Morgan fingerprint density at radius 2 is 2.17 bits per heavy atom. The zero-order valence-electron chi connectivity index (χ0n) is 7.74. The van der Waals surface area contributed by atoms with Crippen LogP contribution in [0.15, 0.2) is 0 Å². The number of hydrogen-bond donors (Lipinski definition) is 3. The van der Waals surface area contributed by atoms with Crippen LogP contribution in [-0.2, 0) is 4.74 Å². The van der Waals surface area contributed by atoms with Gasteiger partial charge in [-0.05, 0) is 20.9 Å². The quantitative estimate of drug-likeness (QED) is 0.483. The maximum atomic E-state index is 9.77. The molecule has 4 heteroatoms. The average molecular weight is 175 g/mol. The first kappa shape index (κ1) is 9.92. The van der Waals surface area contributed by atoms with E-state index in [2.05, 4.69) is 5.32 Å². The lowest BCUT2D eigenvalue weighted by molar-refractivity contribution is -0.176. The molecule has 1 aliphatic rings. The van der Waals surface area contributed by atoms with Crippen molar-refractivity contribution < 1.29 is 14.9 Å². The van der Waals surface area contributed by atoms with Gasteiger partial charge in [-0.1, -0.05) is 0 Å². The molecule has 1 saturated heterocycles. The van der Waals surface area contributed by atoms with E-state index in [1.54, 1.807) is 20.9 Å². The Morgan fingerprint density at radius 1 is 1.58 bits per heavy atom. The van der Waals surface area contributed by atoms with Gasteiger partial charge in [0.1, 0.15) is 5.60 Å². The van der Waals surface area contributed by atoms with Crippen molar-refractivity contribution in [2.45, 2.75) is 37.7 Å². The van der Waals surface area contributed by atoms with Gasteiger partial charge in [-0.15, -0.1) is 0 Å².